The zero-order chi connectivity index (χ0) is 14.8. The van der Waals surface area contributed by atoms with Crippen LogP contribution in [0.3, 0.4) is 0 Å². The fourth-order valence-corrected chi connectivity index (χ4v) is 2.29. The molecule has 0 aliphatic heterocycles. The van der Waals surface area contributed by atoms with Crippen molar-refractivity contribution in [2.45, 2.75) is 19.8 Å². The molecule has 106 valence electrons. The van der Waals surface area contributed by atoms with E-state index in [4.69, 9.17) is 5.11 Å². The smallest absolute Gasteiger partial charge is 0.375 e. The molecule has 0 aliphatic carbocycles. The number of aromatic nitrogens is 4. The lowest BCUT2D eigenvalue weighted by Gasteiger charge is -2.08. The van der Waals surface area contributed by atoms with Crippen LogP contribution in [0.5, 0.6) is 0 Å². The summed E-state index contributed by atoms with van der Waals surface area (Å²) in [6.45, 7) is 2.02. The lowest BCUT2D eigenvalue weighted by molar-refractivity contribution is 0.0683. The van der Waals surface area contributed by atoms with Gasteiger partial charge in [0.2, 0.25) is 0 Å². The lowest BCUT2D eigenvalue weighted by atomic mass is 10.2. The average Bonchev–Trinajstić information content (AvgIpc) is 2.91. The van der Waals surface area contributed by atoms with Crippen LogP contribution in [0.15, 0.2) is 36.5 Å². The minimum absolute atomic E-state index is 0.181. The van der Waals surface area contributed by atoms with Crippen molar-refractivity contribution in [1.82, 2.24) is 19.7 Å². The molecule has 21 heavy (non-hydrogen) atoms. The minimum Gasteiger partial charge on any atom is -0.475 e. The molecule has 2 aromatic heterocycles. The monoisotopic (exact) mass is 282 g/mol. The maximum absolute atomic E-state index is 11.1. The zero-order valence-electron chi connectivity index (χ0n) is 11.5. The molecule has 0 spiro atoms. The van der Waals surface area contributed by atoms with Crippen LogP contribution < -0.4 is 0 Å². The number of hydrogen-bond acceptors (Lipinski definition) is 4. The second kappa shape index (κ2) is 5.32. The van der Waals surface area contributed by atoms with Crippen molar-refractivity contribution in [1.29, 1.82) is 0 Å². The van der Waals surface area contributed by atoms with E-state index in [2.05, 4.69) is 15.1 Å². The molecule has 0 atom stereocenters. The van der Waals surface area contributed by atoms with E-state index in [-0.39, 0.29) is 5.82 Å². The van der Waals surface area contributed by atoms with Gasteiger partial charge in [0.25, 0.3) is 5.82 Å². The van der Waals surface area contributed by atoms with Gasteiger partial charge in [-0.1, -0.05) is 13.0 Å². The normalized spacial score (nSPS) is 10.9. The van der Waals surface area contributed by atoms with Gasteiger partial charge in [-0.05, 0) is 30.7 Å². The third-order valence-electron chi connectivity index (χ3n) is 3.19. The lowest BCUT2D eigenvalue weighted by Crippen LogP contribution is -2.04. The predicted octanol–water partition coefficient (Wildman–Crippen LogP) is 2.47. The van der Waals surface area contributed by atoms with Gasteiger partial charge in [0.1, 0.15) is 5.82 Å². The number of pyridine rings is 1. The molecule has 0 aliphatic rings. The molecule has 3 aromatic rings. The van der Waals surface area contributed by atoms with E-state index in [1.165, 1.54) is 0 Å². The number of hydrogen-bond donors (Lipinski definition) is 1. The quantitative estimate of drug-likeness (QED) is 0.795. The Bertz CT molecular complexity index is 805. The first-order valence-corrected chi connectivity index (χ1v) is 6.74. The maximum Gasteiger partial charge on any atom is 0.375 e. The number of rotatable bonds is 4. The number of carboxylic acid groups (broad SMARTS) is 1. The van der Waals surface area contributed by atoms with E-state index in [1.54, 1.807) is 10.9 Å². The number of carboxylic acids is 1. The van der Waals surface area contributed by atoms with Gasteiger partial charge >= 0.3 is 5.97 Å². The van der Waals surface area contributed by atoms with Crippen molar-refractivity contribution in [2.75, 3.05) is 0 Å². The Labute approximate surface area is 121 Å². The molecule has 6 heteroatoms. The summed E-state index contributed by atoms with van der Waals surface area (Å²) in [5.74, 6) is -0.657. The van der Waals surface area contributed by atoms with E-state index >= 15 is 0 Å². The first kappa shape index (κ1) is 13.2. The molecule has 0 amide bonds. The number of fused-ring (bicyclic) bond motifs is 1. The van der Waals surface area contributed by atoms with Crippen molar-refractivity contribution in [2.24, 2.45) is 0 Å². The summed E-state index contributed by atoms with van der Waals surface area (Å²) in [5, 5.41) is 14.1. The number of carbonyl (C=O) groups is 1. The number of benzene rings is 1. The highest BCUT2D eigenvalue weighted by molar-refractivity contribution is 5.87. The largest absolute Gasteiger partial charge is 0.475 e. The number of aryl methyl sites for hydroxylation is 1. The fourth-order valence-electron chi connectivity index (χ4n) is 2.29. The first-order valence-electron chi connectivity index (χ1n) is 6.74. The SMILES string of the molecule is CCCc1nc(C(=O)O)nn1-c1cccc2ncccc12. The van der Waals surface area contributed by atoms with E-state index in [9.17, 15) is 4.79 Å². The Kier molecular flexibility index (Phi) is 3.35. The van der Waals surface area contributed by atoms with Crippen molar-refractivity contribution in [3.8, 4) is 5.69 Å². The molecule has 0 bridgehead atoms. The van der Waals surface area contributed by atoms with Crippen LogP contribution in [0, 0.1) is 0 Å². The highest BCUT2D eigenvalue weighted by atomic mass is 16.4. The highest BCUT2D eigenvalue weighted by Crippen LogP contribution is 2.21. The van der Waals surface area contributed by atoms with Crippen LogP contribution in [-0.4, -0.2) is 30.8 Å². The molecule has 0 saturated carbocycles. The summed E-state index contributed by atoms with van der Waals surface area (Å²) in [4.78, 5) is 19.5. The van der Waals surface area contributed by atoms with Crippen LogP contribution in [-0.2, 0) is 6.42 Å². The maximum atomic E-state index is 11.1. The zero-order valence-corrected chi connectivity index (χ0v) is 11.5. The second-order valence-corrected chi connectivity index (χ2v) is 4.67. The standard InChI is InChI=1S/C15H14N4O2/c1-2-5-13-17-14(15(20)21)18-19(13)12-8-3-7-11-10(12)6-4-9-16-11/h3-4,6-9H,2,5H2,1H3,(H,20,21). The summed E-state index contributed by atoms with van der Waals surface area (Å²) >= 11 is 0. The third kappa shape index (κ3) is 2.35. The van der Waals surface area contributed by atoms with Crippen molar-refractivity contribution >= 4 is 16.9 Å². The Morgan fingerprint density at radius 3 is 2.90 bits per heavy atom. The second-order valence-electron chi connectivity index (χ2n) is 4.67. The fraction of sp³-hybridized carbons (Fsp3) is 0.200. The highest BCUT2D eigenvalue weighted by Gasteiger charge is 2.17. The molecule has 0 saturated heterocycles. The minimum atomic E-state index is -1.12. The summed E-state index contributed by atoms with van der Waals surface area (Å²) < 4.78 is 1.61. The molecule has 0 fully saturated rings. The average molecular weight is 282 g/mol. The third-order valence-corrected chi connectivity index (χ3v) is 3.19. The van der Waals surface area contributed by atoms with Crippen molar-refractivity contribution in [3.63, 3.8) is 0 Å². The Hall–Kier alpha value is -2.76. The van der Waals surface area contributed by atoms with Gasteiger partial charge in [0.15, 0.2) is 0 Å². The molecular formula is C15H14N4O2. The van der Waals surface area contributed by atoms with Crippen LogP contribution in [0.4, 0.5) is 0 Å². The van der Waals surface area contributed by atoms with Crippen molar-refractivity contribution in [3.05, 3.63) is 48.2 Å². The first-order chi connectivity index (χ1) is 10.2. The van der Waals surface area contributed by atoms with Gasteiger partial charge in [0.05, 0.1) is 11.2 Å². The molecule has 1 aromatic carbocycles. The molecule has 2 heterocycles. The summed E-state index contributed by atoms with van der Waals surface area (Å²) in [6, 6.07) is 9.47. The topological polar surface area (TPSA) is 80.9 Å². The van der Waals surface area contributed by atoms with Gasteiger partial charge in [-0.2, -0.15) is 0 Å². The predicted molar refractivity (Wildman–Crippen MR) is 77.6 cm³/mol. The van der Waals surface area contributed by atoms with E-state index in [0.29, 0.717) is 12.2 Å². The number of nitrogens with zero attached hydrogens (tertiary/aromatic N) is 4. The van der Waals surface area contributed by atoms with Gasteiger partial charge in [-0.3, -0.25) is 4.98 Å². The van der Waals surface area contributed by atoms with Crippen LogP contribution in [0.25, 0.3) is 16.6 Å². The summed E-state index contributed by atoms with van der Waals surface area (Å²) in [7, 11) is 0. The molecule has 0 radical (unpaired) electrons. The van der Waals surface area contributed by atoms with Crippen LogP contribution >= 0.6 is 0 Å². The molecule has 3 rings (SSSR count). The van der Waals surface area contributed by atoms with Gasteiger partial charge in [0, 0.05) is 18.0 Å². The van der Waals surface area contributed by atoms with Crippen LogP contribution in [0.2, 0.25) is 0 Å². The van der Waals surface area contributed by atoms with E-state index < -0.39 is 5.97 Å². The van der Waals surface area contributed by atoms with Gasteiger partial charge < -0.3 is 5.11 Å². The van der Waals surface area contributed by atoms with E-state index in [1.807, 2.05) is 37.3 Å². The summed E-state index contributed by atoms with van der Waals surface area (Å²) in [5.41, 5.74) is 1.63. The molecule has 6 nitrogen and oxygen atoms in total. The Balaban J connectivity index is 2.24. The van der Waals surface area contributed by atoms with Gasteiger partial charge in [-0.25, -0.2) is 14.5 Å². The van der Waals surface area contributed by atoms with E-state index in [0.717, 1.165) is 23.0 Å². The van der Waals surface area contributed by atoms with Crippen molar-refractivity contribution < 1.29 is 9.90 Å². The number of aromatic carboxylic acids is 1. The summed E-state index contributed by atoms with van der Waals surface area (Å²) in [6.07, 6.45) is 3.25. The molecular weight excluding hydrogens is 268 g/mol. The Morgan fingerprint density at radius 1 is 1.29 bits per heavy atom. The molecule has 0 unspecified atom stereocenters. The Morgan fingerprint density at radius 2 is 2.14 bits per heavy atom. The molecule has 1 N–H and O–H groups in total. The van der Waals surface area contributed by atoms with Crippen LogP contribution in [0.1, 0.15) is 29.8 Å². The van der Waals surface area contributed by atoms with Gasteiger partial charge in [-0.15, -0.1) is 5.10 Å².